The summed E-state index contributed by atoms with van der Waals surface area (Å²) in [5, 5.41) is 7.23. The Kier molecular flexibility index (Phi) is 4.07. The second-order valence-electron chi connectivity index (χ2n) is 6.13. The molecular weight excluding hydrogens is 268 g/mol. The van der Waals surface area contributed by atoms with Gasteiger partial charge in [0.25, 0.3) is 0 Å². The van der Waals surface area contributed by atoms with Crippen molar-refractivity contribution in [3.63, 3.8) is 0 Å². The number of hydrogen-bond donors (Lipinski definition) is 1. The zero-order valence-electron chi connectivity index (χ0n) is 13.4. The van der Waals surface area contributed by atoms with Gasteiger partial charge in [0.1, 0.15) is 11.6 Å². The second kappa shape index (κ2) is 5.50. The van der Waals surface area contributed by atoms with Crippen molar-refractivity contribution >= 4 is 11.8 Å². The molecule has 1 aliphatic heterocycles. The molecule has 1 aliphatic rings. The maximum atomic E-state index is 12.5. The van der Waals surface area contributed by atoms with E-state index in [-0.39, 0.29) is 17.9 Å². The highest BCUT2D eigenvalue weighted by Crippen LogP contribution is 2.26. The van der Waals surface area contributed by atoms with Gasteiger partial charge in [-0.1, -0.05) is 6.92 Å². The predicted molar refractivity (Wildman–Crippen MR) is 79.5 cm³/mol. The van der Waals surface area contributed by atoms with E-state index in [4.69, 9.17) is 0 Å². The van der Waals surface area contributed by atoms with Gasteiger partial charge in [-0.25, -0.2) is 0 Å². The topological polar surface area (TPSA) is 67.2 Å². The molecule has 0 bridgehead atoms. The Morgan fingerprint density at radius 2 is 2.10 bits per heavy atom. The fourth-order valence-electron chi connectivity index (χ4n) is 2.53. The van der Waals surface area contributed by atoms with Crippen molar-refractivity contribution in [1.29, 1.82) is 0 Å². The average molecular weight is 292 g/mol. The maximum Gasteiger partial charge on any atom is 0.246 e. The van der Waals surface area contributed by atoms with Crippen LogP contribution in [0.25, 0.3) is 0 Å². The third-order valence-electron chi connectivity index (χ3n) is 4.27. The smallest absolute Gasteiger partial charge is 0.246 e. The van der Waals surface area contributed by atoms with Gasteiger partial charge < -0.3 is 10.2 Å². The SMILES string of the molecule is CCC1(C)C(=O)NC(C)C(=O)N1Cc1ccn(C(C)C)n1. The maximum absolute atomic E-state index is 12.5. The van der Waals surface area contributed by atoms with Crippen molar-refractivity contribution in [1.82, 2.24) is 20.0 Å². The van der Waals surface area contributed by atoms with E-state index in [9.17, 15) is 9.59 Å². The standard InChI is InChI=1S/C15H24N4O2/c1-6-15(5)14(21)16-11(4)13(20)18(15)9-12-7-8-19(17-12)10(2)3/h7-8,10-11H,6,9H2,1-5H3,(H,16,21). The Labute approximate surface area is 125 Å². The van der Waals surface area contributed by atoms with Crippen LogP contribution in [0.4, 0.5) is 0 Å². The van der Waals surface area contributed by atoms with Crippen molar-refractivity contribution in [3.8, 4) is 0 Å². The lowest BCUT2D eigenvalue weighted by Gasteiger charge is -2.45. The number of nitrogens with zero attached hydrogens (tertiary/aromatic N) is 3. The van der Waals surface area contributed by atoms with E-state index < -0.39 is 11.6 Å². The summed E-state index contributed by atoms with van der Waals surface area (Å²) < 4.78 is 1.86. The van der Waals surface area contributed by atoms with E-state index in [1.54, 1.807) is 11.8 Å². The molecule has 116 valence electrons. The van der Waals surface area contributed by atoms with Gasteiger partial charge in [0.15, 0.2) is 0 Å². The number of carbonyl (C=O) groups is 2. The van der Waals surface area contributed by atoms with Crippen molar-refractivity contribution < 1.29 is 9.59 Å². The van der Waals surface area contributed by atoms with E-state index >= 15 is 0 Å². The van der Waals surface area contributed by atoms with Crippen molar-refractivity contribution in [2.24, 2.45) is 0 Å². The largest absolute Gasteiger partial charge is 0.343 e. The number of amides is 2. The van der Waals surface area contributed by atoms with Crippen LogP contribution in [0.2, 0.25) is 0 Å². The first-order valence-electron chi connectivity index (χ1n) is 7.46. The molecule has 1 saturated heterocycles. The summed E-state index contributed by atoms with van der Waals surface area (Å²) in [5.41, 5.74) is -0.01000. The number of rotatable bonds is 4. The minimum absolute atomic E-state index is 0.0574. The Balaban J connectivity index is 2.28. The summed E-state index contributed by atoms with van der Waals surface area (Å²) in [5.74, 6) is -0.154. The Hall–Kier alpha value is -1.85. The first-order valence-corrected chi connectivity index (χ1v) is 7.46. The zero-order valence-corrected chi connectivity index (χ0v) is 13.4. The molecule has 0 aliphatic carbocycles. The molecule has 2 atom stereocenters. The van der Waals surface area contributed by atoms with Gasteiger partial charge in [-0.2, -0.15) is 5.10 Å². The number of hydrogen-bond acceptors (Lipinski definition) is 3. The van der Waals surface area contributed by atoms with Crippen LogP contribution >= 0.6 is 0 Å². The quantitative estimate of drug-likeness (QED) is 0.914. The monoisotopic (exact) mass is 292 g/mol. The Bertz CT molecular complexity index is 552. The summed E-state index contributed by atoms with van der Waals surface area (Å²) in [6.45, 7) is 9.91. The molecule has 21 heavy (non-hydrogen) atoms. The lowest BCUT2D eigenvalue weighted by atomic mass is 9.90. The number of aromatic nitrogens is 2. The van der Waals surface area contributed by atoms with E-state index in [0.29, 0.717) is 13.0 Å². The van der Waals surface area contributed by atoms with E-state index in [2.05, 4.69) is 24.3 Å². The minimum Gasteiger partial charge on any atom is -0.343 e. The third-order valence-corrected chi connectivity index (χ3v) is 4.27. The highest BCUT2D eigenvalue weighted by atomic mass is 16.2. The molecule has 0 aromatic carbocycles. The van der Waals surface area contributed by atoms with Gasteiger partial charge in [-0.15, -0.1) is 0 Å². The van der Waals surface area contributed by atoms with Crippen LogP contribution in [0.15, 0.2) is 12.3 Å². The minimum atomic E-state index is -0.814. The zero-order chi connectivity index (χ0) is 15.8. The molecule has 2 unspecified atom stereocenters. The van der Waals surface area contributed by atoms with Crippen LogP contribution in [0.5, 0.6) is 0 Å². The average Bonchev–Trinajstić information content (AvgIpc) is 2.90. The van der Waals surface area contributed by atoms with E-state index in [1.807, 2.05) is 30.8 Å². The molecule has 6 nitrogen and oxygen atoms in total. The molecule has 2 heterocycles. The molecule has 1 N–H and O–H groups in total. The van der Waals surface area contributed by atoms with Gasteiger partial charge in [-0.05, 0) is 40.2 Å². The lowest BCUT2D eigenvalue weighted by molar-refractivity contribution is -0.157. The fraction of sp³-hybridized carbons (Fsp3) is 0.667. The molecular formula is C15H24N4O2. The molecule has 1 aromatic rings. The number of carbonyl (C=O) groups excluding carboxylic acids is 2. The summed E-state index contributed by atoms with van der Waals surface area (Å²) in [7, 11) is 0. The van der Waals surface area contributed by atoms with Crippen molar-refractivity contribution in [2.45, 2.75) is 65.2 Å². The Morgan fingerprint density at radius 3 is 2.62 bits per heavy atom. The summed E-state index contributed by atoms with van der Waals surface area (Å²) in [6.07, 6.45) is 2.48. The van der Waals surface area contributed by atoms with Crippen molar-refractivity contribution in [3.05, 3.63) is 18.0 Å². The predicted octanol–water partition coefficient (Wildman–Crippen LogP) is 1.48. The number of nitrogens with one attached hydrogen (secondary N) is 1. The molecule has 0 saturated carbocycles. The van der Waals surface area contributed by atoms with Crippen LogP contribution in [0, 0.1) is 0 Å². The molecule has 0 spiro atoms. The Morgan fingerprint density at radius 1 is 1.43 bits per heavy atom. The van der Waals surface area contributed by atoms with Crippen LogP contribution in [-0.4, -0.2) is 38.1 Å². The number of piperazine rings is 1. The third kappa shape index (κ3) is 2.66. The van der Waals surface area contributed by atoms with Gasteiger partial charge in [0.2, 0.25) is 11.8 Å². The van der Waals surface area contributed by atoms with Crippen molar-refractivity contribution in [2.75, 3.05) is 0 Å². The van der Waals surface area contributed by atoms with E-state index in [1.165, 1.54) is 0 Å². The first kappa shape index (κ1) is 15.5. The second-order valence-corrected chi connectivity index (χ2v) is 6.13. The molecule has 1 fully saturated rings. The van der Waals surface area contributed by atoms with Gasteiger partial charge in [0, 0.05) is 12.2 Å². The summed E-state index contributed by atoms with van der Waals surface area (Å²) in [6, 6.07) is 1.69. The molecule has 2 rings (SSSR count). The normalized spacial score (nSPS) is 26.4. The van der Waals surface area contributed by atoms with Gasteiger partial charge in [-0.3, -0.25) is 14.3 Å². The van der Waals surface area contributed by atoms with Gasteiger partial charge in [0.05, 0.1) is 12.2 Å². The lowest BCUT2D eigenvalue weighted by Crippen LogP contribution is -2.68. The van der Waals surface area contributed by atoms with Crippen LogP contribution in [0.3, 0.4) is 0 Å². The highest BCUT2D eigenvalue weighted by Gasteiger charge is 2.47. The van der Waals surface area contributed by atoms with E-state index in [0.717, 1.165) is 5.69 Å². The first-order chi connectivity index (χ1) is 9.79. The summed E-state index contributed by atoms with van der Waals surface area (Å²) in [4.78, 5) is 26.4. The van der Waals surface area contributed by atoms with Crippen LogP contribution < -0.4 is 5.32 Å². The highest BCUT2D eigenvalue weighted by molar-refractivity contribution is 5.99. The van der Waals surface area contributed by atoms with Crippen LogP contribution in [0.1, 0.15) is 52.8 Å². The summed E-state index contributed by atoms with van der Waals surface area (Å²) >= 11 is 0. The molecule has 1 aromatic heterocycles. The molecule has 2 amide bonds. The molecule has 6 heteroatoms. The molecule has 0 radical (unpaired) electrons. The fourth-order valence-corrected chi connectivity index (χ4v) is 2.53. The van der Waals surface area contributed by atoms with Crippen LogP contribution in [-0.2, 0) is 16.1 Å². The van der Waals surface area contributed by atoms with Gasteiger partial charge >= 0.3 is 0 Å².